The topological polar surface area (TPSA) is 49.3 Å². The lowest BCUT2D eigenvalue weighted by molar-refractivity contribution is 0.0936. The van der Waals surface area contributed by atoms with Crippen molar-refractivity contribution >= 4 is 17.5 Å². The Bertz CT molecular complexity index is 398. The highest BCUT2D eigenvalue weighted by Crippen LogP contribution is 2.16. The summed E-state index contributed by atoms with van der Waals surface area (Å²) in [7, 11) is 0. The number of aliphatic hydroxyl groups is 1. The molecule has 0 saturated heterocycles. The van der Waals surface area contributed by atoms with Crippen LogP contribution in [0.4, 0.5) is 4.39 Å². The molecule has 0 heterocycles. The number of carbonyl (C=O) groups is 1. The molecule has 5 heteroatoms. The Labute approximate surface area is 105 Å². The van der Waals surface area contributed by atoms with Crippen LogP contribution in [0.3, 0.4) is 0 Å². The molecule has 0 aliphatic carbocycles. The van der Waals surface area contributed by atoms with Crippen LogP contribution in [0.5, 0.6) is 0 Å². The number of halogens is 2. The van der Waals surface area contributed by atoms with Crippen molar-refractivity contribution in [3.8, 4) is 0 Å². The molecule has 0 aromatic heterocycles. The van der Waals surface area contributed by atoms with E-state index in [0.717, 1.165) is 6.07 Å². The highest BCUT2D eigenvalue weighted by atomic mass is 35.5. The Hall–Kier alpha value is -1.13. The molecule has 1 amide bonds. The first kappa shape index (κ1) is 13.9. The average Bonchev–Trinajstić information content (AvgIpc) is 2.30. The number of amides is 1. The van der Waals surface area contributed by atoms with Gasteiger partial charge in [-0.25, -0.2) is 4.39 Å². The fourth-order valence-corrected chi connectivity index (χ4v) is 1.59. The molecule has 0 fully saturated rings. The zero-order valence-electron chi connectivity index (χ0n) is 9.54. The van der Waals surface area contributed by atoms with Gasteiger partial charge in [0.1, 0.15) is 5.82 Å². The van der Waals surface area contributed by atoms with Crippen molar-refractivity contribution in [2.45, 2.75) is 25.8 Å². The third-order valence-electron chi connectivity index (χ3n) is 2.35. The summed E-state index contributed by atoms with van der Waals surface area (Å²) in [5.74, 6) is -0.839. The molecule has 0 bridgehead atoms. The van der Waals surface area contributed by atoms with E-state index in [-0.39, 0.29) is 23.6 Å². The number of hydrogen-bond acceptors (Lipinski definition) is 2. The third-order valence-corrected chi connectivity index (χ3v) is 2.64. The molecule has 2 N–H and O–H groups in total. The van der Waals surface area contributed by atoms with E-state index in [1.165, 1.54) is 12.1 Å². The zero-order valence-corrected chi connectivity index (χ0v) is 10.3. The van der Waals surface area contributed by atoms with Gasteiger partial charge >= 0.3 is 0 Å². The maximum absolute atomic E-state index is 12.9. The molecule has 1 aromatic carbocycles. The van der Waals surface area contributed by atoms with Gasteiger partial charge in [-0.05, 0) is 38.0 Å². The van der Waals surface area contributed by atoms with Gasteiger partial charge in [-0.3, -0.25) is 4.79 Å². The Balaban J connectivity index is 2.60. The van der Waals surface area contributed by atoms with Gasteiger partial charge in [0.2, 0.25) is 0 Å². The second-order valence-electron chi connectivity index (χ2n) is 3.87. The van der Waals surface area contributed by atoms with Crippen LogP contribution >= 0.6 is 11.6 Å². The van der Waals surface area contributed by atoms with E-state index in [9.17, 15) is 9.18 Å². The second kappa shape index (κ2) is 6.57. The summed E-state index contributed by atoms with van der Waals surface area (Å²) >= 11 is 5.59. The van der Waals surface area contributed by atoms with Gasteiger partial charge in [0, 0.05) is 18.2 Å². The lowest BCUT2D eigenvalue weighted by Gasteiger charge is -2.13. The van der Waals surface area contributed by atoms with Crippen LogP contribution in [0.15, 0.2) is 18.2 Å². The zero-order chi connectivity index (χ0) is 12.8. The highest BCUT2D eigenvalue weighted by Gasteiger charge is 2.11. The summed E-state index contributed by atoms with van der Waals surface area (Å²) in [4.78, 5) is 11.7. The fraction of sp³-hybridized carbons (Fsp3) is 0.417. The molecule has 1 atom stereocenters. The third kappa shape index (κ3) is 4.32. The van der Waals surface area contributed by atoms with Crippen molar-refractivity contribution in [2.24, 2.45) is 0 Å². The van der Waals surface area contributed by atoms with E-state index in [4.69, 9.17) is 16.7 Å². The maximum atomic E-state index is 12.9. The van der Waals surface area contributed by atoms with E-state index in [0.29, 0.717) is 18.4 Å². The largest absolute Gasteiger partial charge is 0.396 e. The molecule has 0 radical (unpaired) electrons. The summed E-state index contributed by atoms with van der Waals surface area (Å²) in [5.41, 5.74) is 0.326. The number of carbonyl (C=O) groups excluding carboxylic acids is 1. The van der Waals surface area contributed by atoms with Crippen LogP contribution in [0.2, 0.25) is 5.02 Å². The minimum atomic E-state index is -0.545. The van der Waals surface area contributed by atoms with Crippen molar-refractivity contribution in [2.75, 3.05) is 6.61 Å². The Morgan fingerprint density at radius 2 is 2.29 bits per heavy atom. The highest BCUT2D eigenvalue weighted by molar-refractivity contribution is 6.31. The van der Waals surface area contributed by atoms with Crippen molar-refractivity contribution in [1.29, 1.82) is 0 Å². The maximum Gasteiger partial charge on any atom is 0.251 e. The first-order valence-corrected chi connectivity index (χ1v) is 5.79. The minimum Gasteiger partial charge on any atom is -0.396 e. The van der Waals surface area contributed by atoms with Crippen LogP contribution in [0, 0.1) is 5.82 Å². The van der Waals surface area contributed by atoms with E-state index in [2.05, 4.69) is 5.32 Å². The number of benzene rings is 1. The molecule has 3 nitrogen and oxygen atoms in total. The van der Waals surface area contributed by atoms with E-state index >= 15 is 0 Å². The molecule has 0 aliphatic rings. The van der Waals surface area contributed by atoms with Gasteiger partial charge < -0.3 is 10.4 Å². The first-order chi connectivity index (χ1) is 8.04. The number of nitrogens with one attached hydrogen (secondary N) is 1. The average molecular weight is 260 g/mol. The quantitative estimate of drug-likeness (QED) is 0.853. The number of rotatable bonds is 5. The van der Waals surface area contributed by atoms with Crippen LogP contribution < -0.4 is 5.32 Å². The van der Waals surface area contributed by atoms with Crippen LogP contribution in [0.25, 0.3) is 0 Å². The predicted octanol–water partition coefficient (Wildman–Crippen LogP) is 2.37. The normalized spacial score (nSPS) is 12.2. The van der Waals surface area contributed by atoms with Gasteiger partial charge in [0.25, 0.3) is 5.91 Å². The number of hydrogen-bond donors (Lipinski definition) is 2. The van der Waals surface area contributed by atoms with Gasteiger partial charge in [-0.2, -0.15) is 0 Å². The molecule has 0 aliphatic heterocycles. The molecule has 1 aromatic rings. The van der Waals surface area contributed by atoms with Crippen LogP contribution in [-0.4, -0.2) is 23.7 Å². The van der Waals surface area contributed by atoms with E-state index in [1.807, 2.05) is 6.92 Å². The molecule has 1 unspecified atom stereocenters. The summed E-state index contributed by atoms with van der Waals surface area (Å²) in [6.07, 6.45) is 1.32. The Morgan fingerprint density at radius 3 is 2.88 bits per heavy atom. The fourth-order valence-electron chi connectivity index (χ4n) is 1.41. The van der Waals surface area contributed by atoms with E-state index in [1.54, 1.807) is 0 Å². The SMILES string of the molecule is CC(CCCO)NC(=O)c1ccc(F)c(Cl)c1. The molecular formula is C12H15ClFNO2. The van der Waals surface area contributed by atoms with Crippen molar-refractivity contribution in [3.63, 3.8) is 0 Å². The lowest BCUT2D eigenvalue weighted by Crippen LogP contribution is -2.32. The van der Waals surface area contributed by atoms with E-state index < -0.39 is 5.82 Å². The van der Waals surface area contributed by atoms with Crippen LogP contribution in [0.1, 0.15) is 30.1 Å². The molecule has 0 saturated carbocycles. The Kier molecular flexibility index (Phi) is 5.38. The predicted molar refractivity (Wildman–Crippen MR) is 64.7 cm³/mol. The molecular weight excluding hydrogens is 245 g/mol. The van der Waals surface area contributed by atoms with Crippen molar-refractivity contribution in [3.05, 3.63) is 34.6 Å². The Morgan fingerprint density at radius 1 is 1.59 bits per heavy atom. The van der Waals surface area contributed by atoms with Gasteiger partial charge in [-0.1, -0.05) is 11.6 Å². The summed E-state index contributed by atoms with van der Waals surface area (Å²) in [6.45, 7) is 1.95. The monoisotopic (exact) mass is 259 g/mol. The second-order valence-corrected chi connectivity index (χ2v) is 4.28. The van der Waals surface area contributed by atoms with Crippen molar-refractivity contribution in [1.82, 2.24) is 5.32 Å². The summed E-state index contributed by atoms with van der Waals surface area (Å²) in [5, 5.41) is 11.3. The standard InChI is InChI=1S/C12H15ClFNO2/c1-8(3-2-6-16)15-12(17)9-4-5-11(14)10(13)7-9/h4-5,7-8,16H,2-3,6H2,1H3,(H,15,17). The molecule has 1 rings (SSSR count). The number of aliphatic hydroxyl groups excluding tert-OH is 1. The van der Waals surface area contributed by atoms with Crippen LogP contribution in [-0.2, 0) is 0 Å². The van der Waals surface area contributed by atoms with Crippen molar-refractivity contribution < 1.29 is 14.3 Å². The summed E-state index contributed by atoms with van der Waals surface area (Å²) < 4.78 is 12.9. The molecule has 17 heavy (non-hydrogen) atoms. The molecule has 0 spiro atoms. The summed E-state index contributed by atoms with van der Waals surface area (Å²) in [6, 6.07) is 3.80. The minimum absolute atomic E-state index is 0.0431. The first-order valence-electron chi connectivity index (χ1n) is 5.41. The smallest absolute Gasteiger partial charge is 0.251 e. The van der Waals surface area contributed by atoms with Gasteiger partial charge in [0.15, 0.2) is 0 Å². The van der Waals surface area contributed by atoms with Gasteiger partial charge in [0.05, 0.1) is 5.02 Å². The van der Waals surface area contributed by atoms with Gasteiger partial charge in [-0.15, -0.1) is 0 Å². The lowest BCUT2D eigenvalue weighted by atomic mass is 10.1. The molecule has 94 valence electrons.